The number of rotatable bonds is 10. The van der Waals surface area contributed by atoms with Crippen molar-refractivity contribution >= 4 is 27.5 Å². The Morgan fingerprint density at radius 2 is 1.73 bits per heavy atom. The summed E-state index contributed by atoms with van der Waals surface area (Å²) in [5, 5.41) is 2.93. The molecule has 30 heavy (non-hydrogen) atoms. The maximum Gasteiger partial charge on any atom is 0.255 e. The molecule has 3 rings (SSSR count). The van der Waals surface area contributed by atoms with Crippen LogP contribution in [0, 0.1) is 0 Å². The lowest BCUT2D eigenvalue weighted by molar-refractivity contribution is 0.102. The molecule has 0 atom stereocenters. The van der Waals surface area contributed by atoms with Gasteiger partial charge < -0.3 is 14.8 Å². The predicted molar refractivity (Wildman–Crippen MR) is 124 cm³/mol. The van der Waals surface area contributed by atoms with Crippen molar-refractivity contribution in [3.05, 3.63) is 101 Å². The second-order valence-corrected chi connectivity index (χ2v) is 7.49. The zero-order valence-electron chi connectivity index (χ0n) is 16.6. The number of carbonyl (C=O) groups is 1. The predicted octanol–water partition coefficient (Wildman–Crippen LogP) is 6.28. The van der Waals surface area contributed by atoms with E-state index in [1.54, 1.807) is 24.3 Å². The third-order valence-electron chi connectivity index (χ3n) is 4.40. The number of ether oxygens (including phenoxy) is 2. The zero-order chi connectivity index (χ0) is 21.2. The number of nitrogens with one attached hydrogen (secondary N) is 1. The lowest BCUT2D eigenvalue weighted by Crippen LogP contribution is -2.13. The molecule has 1 N–H and O–H groups in total. The van der Waals surface area contributed by atoms with Crippen LogP contribution in [0.15, 0.2) is 89.9 Å². The van der Waals surface area contributed by atoms with Crippen molar-refractivity contribution in [1.82, 2.24) is 0 Å². The number of benzene rings is 3. The van der Waals surface area contributed by atoms with Gasteiger partial charge in [-0.1, -0.05) is 55.1 Å². The highest BCUT2D eigenvalue weighted by atomic mass is 79.9. The van der Waals surface area contributed by atoms with Crippen LogP contribution in [0.2, 0.25) is 0 Å². The van der Waals surface area contributed by atoms with Crippen LogP contribution in [-0.2, 0) is 6.42 Å². The summed E-state index contributed by atoms with van der Waals surface area (Å²) in [5.74, 6) is 1.10. The van der Waals surface area contributed by atoms with Gasteiger partial charge in [0.25, 0.3) is 5.91 Å². The minimum Gasteiger partial charge on any atom is -0.491 e. The summed E-state index contributed by atoms with van der Waals surface area (Å²) in [6.07, 6.45) is 3.51. The largest absolute Gasteiger partial charge is 0.491 e. The van der Waals surface area contributed by atoms with Gasteiger partial charge in [0.15, 0.2) is 0 Å². The maximum absolute atomic E-state index is 12.7. The van der Waals surface area contributed by atoms with Crippen molar-refractivity contribution in [3.8, 4) is 11.5 Å². The van der Waals surface area contributed by atoms with Crippen LogP contribution in [0.5, 0.6) is 11.5 Å². The molecule has 0 heterocycles. The molecule has 0 saturated heterocycles. The van der Waals surface area contributed by atoms with Gasteiger partial charge in [0.2, 0.25) is 0 Å². The number of hydrogen-bond donors (Lipinski definition) is 1. The topological polar surface area (TPSA) is 47.6 Å². The van der Waals surface area contributed by atoms with E-state index in [9.17, 15) is 4.79 Å². The summed E-state index contributed by atoms with van der Waals surface area (Å²) in [7, 11) is 0. The van der Waals surface area contributed by atoms with Gasteiger partial charge in [0.05, 0.1) is 16.8 Å². The Balaban J connectivity index is 1.59. The first-order valence-corrected chi connectivity index (χ1v) is 10.6. The first-order valence-electron chi connectivity index (χ1n) is 9.77. The molecule has 1 amide bonds. The van der Waals surface area contributed by atoms with E-state index in [1.807, 2.05) is 42.5 Å². The van der Waals surface area contributed by atoms with Crippen LogP contribution in [-0.4, -0.2) is 19.1 Å². The first kappa shape index (κ1) is 21.7. The highest BCUT2D eigenvalue weighted by Gasteiger charge is 2.12. The quantitative estimate of drug-likeness (QED) is 0.283. The van der Waals surface area contributed by atoms with E-state index in [1.165, 1.54) is 5.56 Å². The van der Waals surface area contributed by atoms with Crippen LogP contribution in [0.25, 0.3) is 0 Å². The summed E-state index contributed by atoms with van der Waals surface area (Å²) in [5.41, 5.74) is 2.45. The second kappa shape index (κ2) is 11.2. The molecule has 4 nitrogen and oxygen atoms in total. The van der Waals surface area contributed by atoms with Gasteiger partial charge in [0.1, 0.15) is 18.1 Å². The summed E-state index contributed by atoms with van der Waals surface area (Å²) in [4.78, 5) is 12.7. The van der Waals surface area contributed by atoms with Crippen LogP contribution in [0.3, 0.4) is 0 Å². The van der Waals surface area contributed by atoms with Gasteiger partial charge in [0, 0.05) is 5.56 Å². The molecule has 154 valence electrons. The highest BCUT2D eigenvalue weighted by molar-refractivity contribution is 9.10. The second-order valence-electron chi connectivity index (χ2n) is 6.63. The molecule has 5 heteroatoms. The lowest BCUT2D eigenvalue weighted by Gasteiger charge is -2.13. The molecule has 3 aromatic carbocycles. The summed E-state index contributed by atoms with van der Waals surface area (Å²) < 4.78 is 12.2. The van der Waals surface area contributed by atoms with E-state index >= 15 is 0 Å². The molecule has 0 aromatic heterocycles. The monoisotopic (exact) mass is 465 g/mol. The number of para-hydroxylation sites is 2. The van der Waals surface area contributed by atoms with Crippen molar-refractivity contribution in [1.29, 1.82) is 0 Å². The fourth-order valence-electron chi connectivity index (χ4n) is 2.90. The Kier molecular flexibility index (Phi) is 8.10. The van der Waals surface area contributed by atoms with Gasteiger partial charge in [-0.3, -0.25) is 4.79 Å². The van der Waals surface area contributed by atoms with Crippen LogP contribution >= 0.6 is 15.9 Å². The van der Waals surface area contributed by atoms with Gasteiger partial charge in [-0.05, 0) is 64.7 Å². The third kappa shape index (κ3) is 6.22. The van der Waals surface area contributed by atoms with Gasteiger partial charge in [-0.15, -0.1) is 0 Å². The molecular weight excluding hydrogens is 442 g/mol. The zero-order valence-corrected chi connectivity index (χ0v) is 18.2. The summed E-state index contributed by atoms with van der Waals surface area (Å²) >= 11 is 3.44. The van der Waals surface area contributed by atoms with E-state index in [0.29, 0.717) is 40.4 Å². The average molecular weight is 466 g/mol. The average Bonchev–Trinajstić information content (AvgIpc) is 2.77. The molecule has 0 aliphatic rings. The molecule has 3 aromatic rings. The minimum atomic E-state index is -0.216. The van der Waals surface area contributed by atoms with Crippen molar-refractivity contribution in [2.45, 2.75) is 12.8 Å². The molecule has 0 radical (unpaired) electrons. The maximum atomic E-state index is 12.7. The number of anilines is 1. The molecular formula is C25H24BrNO3. The number of halogens is 1. The Hall–Kier alpha value is -3.05. The van der Waals surface area contributed by atoms with E-state index in [4.69, 9.17) is 9.47 Å². The van der Waals surface area contributed by atoms with Crippen molar-refractivity contribution in [3.63, 3.8) is 0 Å². The normalized spacial score (nSPS) is 10.3. The third-order valence-corrected chi connectivity index (χ3v) is 5.02. The van der Waals surface area contributed by atoms with Crippen molar-refractivity contribution < 1.29 is 14.3 Å². The molecule has 0 fully saturated rings. The van der Waals surface area contributed by atoms with E-state index in [0.717, 1.165) is 12.8 Å². The molecule has 0 aliphatic heterocycles. The van der Waals surface area contributed by atoms with Crippen molar-refractivity contribution in [2.24, 2.45) is 0 Å². The summed E-state index contributed by atoms with van der Waals surface area (Å²) in [6.45, 7) is 4.61. The molecule has 0 aliphatic carbocycles. The summed E-state index contributed by atoms with van der Waals surface area (Å²) in [6, 6.07) is 23.0. The Labute approximate surface area is 185 Å². The fraction of sp³-hybridized carbons (Fsp3) is 0.160. The molecule has 0 bridgehead atoms. The SMILES string of the molecule is C=CCOc1ccc(C(=O)Nc2ccccc2OCCCc2ccccc2)cc1Br. The van der Waals surface area contributed by atoms with Crippen molar-refractivity contribution in [2.75, 3.05) is 18.5 Å². The van der Waals surface area contributed by atoms with Crippen LogP contribution < -0.4 is 14.8 Å². The van der Waals surface area contributed by atoms with E-state index in [-0.39, 0.29) is 5.91 Å². The molecule has 0 spiro atoms. The van der Waals surface area contributed by atoms with Crippen LogP contribution in [0.4, 0.5) is 5.69 Å². The Morgan fingerprint density at radius 1 is 0.967 bits per heavy atom. The minimum absolute atomic E-state index is 0.216. The van der Waals surface area contributed by atoms with Crippen LogP contribution in [0.1, 0.15) is 22.3 Å². The van der Waals surface area contributed by atoms with Gasteiger partial charge >= 0.3 is 0 Å². The Morgan fingerprint density at radius 3 is 2.50 bits per heavy atom. The first-order chi connectivity index (χ1) is 14.7. The number of carbonyl (C=O) groups excluding carboxylic acids is 1. The standard InChI is InChI=1S/C25H24BrNO3/c1-2-16-29-23-15-14-20(18-21(23)26)25(28)27-22-12-6-7-13-24(22)30-17-8-11-19-9-4-3-5-10-19/h2-7,9-10,12-15,18H,1,8,11,16-17H2,(H,27,28). The Bertz CT molecular complexity index is 989. The highest BCUT2D eigenvalue weighted by Crippen LogP contribution is 2.28. The van der Waals surface area contributed by atoms with Gasteiger partial charge in [-0.2, -0.15) is 0 Å². The number of hydrogen-bond acceptors (Lipinski definition) is 3. The lowest BCUT2D eigenvalue weighted by atomic mass is 10.1. The smallest absolute Gasteiger partial charge is 0.255 e. The molecule has 0 unspecified atom stereocenters. The van der Waals surface area contributed by atoms with E-state index < -0.39 is 0 Å². The fourth-order valence-corrected chi connectivity index (χ4v) is 3.39. The molecule has 0 saturated carbocycles. The van der Waals surface area contributed by atoms with Gasteiger partial charge in [-0.25, -0.2) is 0 Å². The number of amides is 1. The number of aryl methyl sites for hydroxylation is 1. The van der Waals surface area contributed by atoms with E-state index in [2.05, 4.69) is 40.0 Å².